The van der Waals surface area contributed by atoms with Crippen LogP contribution in [0.3, 0.4) is 0 Å². The summed E-state index contributed by atoms with van der Waals surface area (Å²) >= 11 is 0. The molecule has 0 atom stereocenters. The number of sulfonamides is 1. The predicted octanol–water partition coefficient (Wildman–Crippen LogP) is 2.61. The third kappa shape index (κ3) is 5.54. The van der Waals surface area contributed by atoms with Crippen molar-refractivity contribution in [1.29, 1.82) is 0 Å². The molecule has 7 nitrogen and oxygen atoms in total. The molecule has 144 valence electrons. The normalized spacial score (nSPS) is 15.5. The van der Waals surface area contributed by atoms with Crippen LogP contribution in [-0.2, 0) is 19.7 Å². The maximum absolute atomic E-state index is 12.7. The summed E-state index contributed by atoms with van der Waals surface area (Å²) in [5, 5.41) is 4.00. The number of Topliss-reactive ketones (excluding diaryl/α,β-unsaturated/α-hetero) is 1. The number of methoxy groups -OCH3 is 1. The summed E-state index contributed by atoms with van der Waals surface area (Å²) in [7, 11) is -1.99. The molecule has 0 spiro atoms. The highest BCUT2D eigenvalue weighted by atomic mass is 32.2. The molecular weight excluding hydrogens is 356 g/mol. The van der Waals surface area contributed by atoms with Crippen LogP contribution in [0.5, 0.6) is 5.75 Å². The van der Waals surface area contributed by atoms with Crippen LogP contribution < -0.4 is 4.74 Å². The molecule has 0 aromatic heterocycles. The summed E-state index contributed by atoms with van der Waals surface area (Å²) in [4.78, 5) is 16.9. The van der Waals surface area contributed by atoms with Gasteiger partial charge in [-0.3, -0.25) is 4.79 Å². The minimum atomic E-state index is -3.53. The van der Waals surface area contributed by atoms with Crippen LogP contribution in [0.25, 0.3) is 0 Å². The van der Waals surface area contributed by atoms with E-state index in [1.165, 1.54) is 11.4 Å². The lowest BCUT2D eigenvalue weighted by Gasteiger charge is -2.26. The summed E-state index contributed by atoms with van der Waals surface area (Å²) in [6.07, 6.45) is 3.34. The lowest BCUT2D eigenvalue weighted by molar-refractivity contribution is -0.123. The molecule has 0 saturated carbocycles. The van der Waals surface area contributed by atoms with Crippen molar-refractivity contribution < 1.29 is 22.8 Å². The van der Waals surface area contributed by atoms with Crippen molar-refractivity contribution in [1.82, 2.24) is 4.31 Å². The first-order valence-electron chi connectivity index (χ1n) is 8.81. The van der Waals surface area contributed by atoms with Crippen molar-refractivity contribution in [2.45, 2.75) is 43.9 Å². The molecule has 0 radical (unpaired) electrons. The summed E-state index contributed by atoms with van der Waals surface area (Å²) < 4.78 is 31.8. The Bertz CT molecular complexity index is 718. The Balaban J connectivity index is 1.86. The SMILES string of the molecule is CCCCC(=O)CON=C1CCN(S(=O)(=O)c2ccc(OC)cc2)CC1. The van der Waals surface area contributed by atoms with E-state index >= 15 is 0 Å². The third-order valence-corrected chi connectivity index (χ3v) is 6.14. The Kier molecular flexibility index (Phi) is 7.59. The lowest BCUT2D eigenvalue weighted by atomic mass is 10.1. The maximum atomic E-state index is 12.7. The molecule has 8 heteroatoms. The van der Waals surface area contributed by atoms with Gasteiger partial charge in [0.15, 0.2) is 12.4 Å². The standard InChI is InChI=1S/C18H26N2O5S/c1-3-4-5-16(21)14-25-19-15-10-12-20(13-11-15)26(22,23)18-8-6-17(24-2)7-9-18/h6-9H,3-5,10-14H2,1-2H3. The molecule has 1 aliphatic rings. The quantitative estimate of drug-likeness (QED) is 0.613. The van der Waals surface area contributed by atoms with E-state index in [4.69, 9.17) is 9.57 Å². The number of carbonyl (C=O) groups excluding carboxylic acids is 1. The van der Waals surface area contributed by atoms with Gasteiger partial charge in [-0.2, -0.15) is 4.31 Å². The van der Waals surface area contributed by atoms with Crippen molar-refractivity contribution in [3.8, 4) is 5.75 Å². The molecule has 1 saturated heterocycles. The van der Waals surface area contributed by atoms with Crippen LogP contribution in [0, 0.1) is 0 Å². The van der Waals surface area contributed by atoms with Crippen LogP contribution in [0.4, 0.5) is 0 Å². The van der Waals surface area contributed by atoms with Crippen molar-refractivity contribution >= 4 is 21.5 Å². The van der Waals surface area contributed by atoms with Crippen LogP contribution in [-0.4, -0.2) is 51.0 Å². The Hall–Kier alpha value is -1.93. The first-order chi connectivity index (χ1) is 12.5. The summed E-state index contributed by atoms with van der Waals surface area (Å²) in [6.45, 7) is 2.71. The van der Waals surface area contributed by atoms with E-state index in [0.29, 0.717) is 38.1 Å². The molecule has 0 N–H and O–H groups in total. The number of nitrogens with zero attached hydrogens (tertiary/aromatic N) is 2. The van der Waals surface area contributed by atoms with Gasteiger partial charge in [-0.15, -0.1) is 0 Å². The van der Waals surface area contributed by atoms with Crippen molar-refractivity contribution in [2.24, 2.45) is 5.16 Å². The fourth-order valence-electron chi connectivity index (χ4n) is 2.61. The van der Waals surface area contributed by atoms with Crippen molar-refractivity contribution in [3.63, 3.8) is 0 Å². The van der Waals surface area contributed by atoms with Crippen molar-refractivity contribution in [2.75, 3.05) is 26.8 Å². The minimum absolute atomic E-state index is 0.0165. The van der Waals surface area contributed by atoms with E-state index < -0.39 is 10.0 Å². The molecule has 2 rings (SSSR count). The number of piperidine rings is 1. The van der Waals surface area contributed by atoms with Gasteiger partial charge >= 0.3 is 0 Å². The fourth-order valence-corrected chi connectivity index (χ4v) is 4.06. The van der Waals surface area contributed by atoms with Gasteiger partial charge in [0, 0.05) is 32.4 Å². The average Bonchev–Trinajstić information content (AvgIpc) is 2.67. The minimum Gasteiger partial charge on any atom is -0.497 e. The van der Waals surface area contributed by atoms with Crippen molar-refractivity contribution in [3.05, 3.63) is 24.3 Å². The zero-order chi connectivity index (χ0) is 19.0. The van der Waals surface area contributed by atoms with E-state index in [1.54, 1.807) is 24.3 Å². The maximum Gasteiger partial charge on any atom is 0.243 e. The molecule has 0 amide bonds. The van der Waals surface area contributed by atoms with Gasteiger partial charge in [-0.25, -0.2) is 8.42 Å². The highest BCUT2D eigenvalue weighted by Crippen LogP contribution is 2.22. The zero-order valence-electron chi connectivity index (χ0n) is 15.3. The lowest BCUT2D eigenvalue weighted by Crippen LogP contribution is -2.38. The van der Waals surface area contributed by atoms with E-state index in [2.05, 4.69) is 5.16 Å². The van der Waals surface area contributed by atoms with E-state index in [0.717, 1.165) is 18.6 Å². The number of benzene rings is 1. The number of carbonyl (C=O) groups is 1. The number of hydrogen-bond donors (Lipinski definition) is 0. The highest BCUT2D eigenvalue weighted by Gasteiger charge is 2.28. The Morgan fingerprint density at radius 3 is 2.42 bits per heavy atom. The number of ketones is 1. The molecule has 1 fully saturated rings. The average molecular weight is 382 g/mol. The number of unbranched alkanes of at least 4 members (excludes halogenated alkanes) is 1. The Labute approximate surface area is 155 Å². The van der Waals surface area contributed by atoms with Gasteiger partial charge in [0.1, 0.15) is 5.75 Å². The molecule has 0 unspecified atom stereocenters. The molecular formula is C18H26N2O5S. The highest BCUT2D eigenvalue weighted by molar-refractivity contribution is 7.89. The summed E-state index contributed by atoms with van der Waals surface area (Å²) in [5.74, 6) is 0.651. The smallest absolute Gasteiger partial charge is 0.243 e. The monoisotopic (exact) mass is 382 g/mol. The largest absolute Gasteiger partial charge is 0.497 e. The molecule has 1 aromatic rings. The Morgan fingerprint density at radius 2 is 1.85 bits per heavy atom. The summed E-state index contributed by atoms with van der Waals surface area (Å²) in [6, 6.07) is 6.35. The van der Waals surface area contributed by atoms with Crippen LogP contribution >= 0.6 is 0 Å². The van der Waals surface area contributed by atoms with E-state index in [-0.39, 0.29) is 17.3 Å². The van der Waals surface area contributed by atoms with Gasteiger partial charge < -0.3 is 9.57 Å². The van der Waals surface area contributed by atoms with Gasteiger partial charge in [-0.1, -0.05) is 18.5 Å². The first-order valence-corrected chi connectivity index (χ1v) is 10.2. The van der Waals surface area contributed by atoms with Crippen LogP contribution in [0.1, 0.15) is 39.0 Å². The molecule has 1 aliphatic heterocycles. The molecule has 1 heterocycles. The number of rotatable bonds is 9. The second-order valence-corrected chi connectivity index (χ2v) is 8.09. The molecule has 26 heavy (non-hydrogen) atoms. The number of oxime groups is 1. The fraction of sp³-hybridized carbons (Fsp3) is 0.556. The number of hydrogen-bond acceptors (Lipinski definition) is 6. The van der Waals surface area contributed by atoms with Gasteiger partial charge in [0.2, 0.25) is 10.0 Å². The second-order valence-electron chi connectivity index (χ2n) is 6.15. The van der Waals surface area contributed by atoms with Gasteiger partial charge in [-0.05, 0) is 30.7 Å². The van der Waals surface area contributed by atoms with Crippen LogP contribution in [0.2, 0.25) is 0 Å². The topological polar surface area (TPSA) is 85.3 Å². The third-order valence-electron chi connectivity index (χ3n) is 4.23. The molecule has 0 bridgehead atoms. The first kappa shape index (κ1) is 20.4. The summed E-state index contributed by atoms with van der Waals surface area (Å²) in [5.41, 5.74) is 0.787. The van der Waals surface area contributed by atoms with Gasteiger partial charge in [0.05, 0.1) is 17.7 Å². The van der Waals surface area contributed by atoms with E-state index in [9.17, 15) is 13.2 Å². The Morgan fingerprint density at radius 1 is 1.19 bits per heavy atom. The molecule has 1 aromatic carbocycles. The predicted molar refractivity (Wildman–Crippen MR) is 98.9 cm³/mol. The van der Waals surface area contributed by atoms with Crippen LogP contribution in [0.15, 0.2) is 34.3 Å². The van der Waals surface area contributed by atoms with Gasteiger partial charge in [0.25, 0.3) is 0 Å². The second kappa shape index (κ2) is 9.68. The van der Waals surface area contributed by atoms with E-state index in [1.807, 2.05) is 6.92 Å². The molecule has 0 aliphatic carbocycles. The zero-order valence-corrected chi connectivity index (χ0v) is 16.1. The number of ether oxygens (including phenoxy) is 1.